The van der Waals surface area contributed by atoms with Crippen LogP contribution in [0.4, 0.5) is 10.1 Å². The molecule has 0 aromatic heterocycles. The van der Waals surface area contributed by atoms with E-state index in [1.54, 1.807) is 24.3 Å². The first kappa shape index (κ1) is 18.1. The minimum absolute atomic E-state index is 0.0504. The number of halogens is 2. The maximum absolute atomic E-state index is 13.7. The van der Waals surface area contributed by atoms with E-state index < -0.39 is 5.82 Å². The summed E-state index contributed by atoms with van der Waals surface area (Å²) >= 11 is 3.40. The maximum atomic E-state index is 13.7. The van der Waals surface area contributed by atoms with Crippen LogP contribution in [0.2, 0.25) is 0 Å². The second kappa shape index (κ2) is 8.06. The van der Waals surface area contributed by atoms with Gasteiger partial charge in [-0.2, -0.15) is 0 Å². The van der Waals surface area contributed by atoms with E-state index in [0.29, 0.717) is 11.3 Å². The average molecular weight is 393 g/mol. The second-order valence-corrected chi connectivity index (χ2v) is 6.33. The highest BCUT2D eigenvalue weighted by Crippen LogP contribution is 2.20. The van der Waals surface area contributed by atoms with Crippen molar-refractivity contribution in [3.8, 4) is 0 Å². The van der Waals surface area contributed by atoms with Crippen molar-refractivity contribution in [1.82, 2.24) is 4.90 Å². The summed E-state index contributed by atoms with van der Waals surface area (Å²) in [6.45, 7) is 3.19. The standard InChI is InChI=1S/C18H18BrFN2O2/c1-12-9-15(7-8-16(12)19)21-18(24)11-22(13(2)23)10-14-5-3-4-6-17(14)20/h3-9H,10-11H2,1-2H3,(H,21,24). The molecule has 1 N–H and O–H groups in total. The molecule has 4 nitrogen and oxygen atoms in total. The van der Waals surface area contributed by atoms with Gasteiger partial charge >= 0.3 is 0 Å². The Morgan fingerprint density at radius 1 is 1.21 bits per heavy atom. The van der Waals surface area contributed by atoms with Gasteiger partial charge in [0.25, 0.3) is 0 Å². The molecule has 2 aromatic carbocycles. The smallest absolute Gasteiger partial charge is 0.244 e. The number of carbonyl (C=O) groups is 2. The fourth-order valence-electron chi connectivity index (χ4n) is 2.21. The molecule has 2 aromatic rings. The van der Waals surface area contributed by atoms with Gasteiger partial charge in [-0.25, -0.2) is 4.39 Å². The third-order valence-corrected chi connectivity index (χ3v) is 4.43. The number of benzene rings is 2. The summed E-state index contributed by atoms with van der Waals surface area (Å²) in [6, 6.07) is 11.6. The third-order valence-electron chi connectivity index (χ3n) is 3.54. The van der Waals surface area contributed by atoms with Gasteiger partial charge in [0.15, 0.2) is 0 Å². The van der Waals surface area contributed by atoms with Crippen LogP contribution in [0.25, 0.3) is 0 Å². The van der Waals surface area contributed by atoms with Crippen molar-refractivity contribution in [2.24, 2.45) is 0 Å². The van der Waals surface area contributed by atoms with Crippen molar-refractivity contribution in [3.63, 3.8) is 0 Å². The minimum atomic E-state index is -0.396. The predicted octanol–water partition coefficient (Wildman–Crippen LogP) is 3.88. The monoisotopic (exact) mass is 392 g/mol. The number of nitrogens with one attached hydrogen (secondary N) is 1. The van der Waals surface area contributed by atoms with E-state index in [4.69, 9.17) is 0 Å². The van der Waals surface area contributed by atoms with Gasteiger partial charge in [0.1, 0.15) is 12.4 Å². The lowest BCUT2D eigenvalue weighted by Gasteiger charge is -2.21. The molecule has 0 unspecified atom stereocenters. The van der Waals surface area contributed by atoms with Crippen molar-refractivity contribution < 1.29 is 14.0 Å². The van der Waals surface area contributed by atoms with Gasteiger partial charge in [0.2, 0.25) is 11.8 Å². The minimum Gasteiger partial charge on any atom is -0.329 e. The topological polar surface area (TPSA) is 49.4 Å². The molecule has 0 aliphatic rings. The fourth-order valence-corrected chi connectivity index (χ4v) is 2.45. The third kappa shape index (κ3) is 4.89. The molecule has 0 atom stereocenters. The van der Waals surface area contributed by atoms with E-state index in [9.17, 15) is 14.0 Å². The van der Waals surface area contributed by atoms with Crippen molar-refractivity contribution in [2.75, 3.05) is 11.9 Å². The van der Waals surface area contributed by atoms with Gasteiger partial charge in [0, 0.05) is 29.2 Å². The van der Waals surface area contributed by atoms with Crippen LogP contribution < -0.4 is 5.32 Å². The molecular formula is C18H18BrFN2O2. The summed E-state index contributed by atoms with van der Waals surface area (Å²) in [7, 11) is 0. The van der Waals surface area contributed by atoms with Crippen LogP contribution in [0, 0.1) is 12.7 Å². The van der Waals surface area contributed by atoms with E-state index in [1.807, 2.05) is 19.1 Å². The highest BCUT2D eigenvalue weighted by atomic mass is 79.9. The summed E-state index contributed by atoms with van der Waals surface area (Å²) in [5.41, 5.74) is 2.01. The Labute approximate surface area is 148 Å². The first-order chi connectivity index (χ1) is 11.4. The molecule has 0 saturated carbocycles. The summed E-state index contributed by atoms with van der Waals surface area (Å²) in [5.74, 6) is -1.02. The number of amides is 2. The van der Waals surface area contributed by atoms with E-state index in [2.05, 4.69) is 21.2 Å². The van der Waals surface area contributed by atoms with Crippen LogP contribution in [0.1, 0.15) is 18.1 Å². The first-order valence-electron chi connectivity index (χ1n) is 7.41. The van der Waals surface area contributed by atoms with Crippen LogP contribution >= 0.6 is 15.9 Å². The Hall–Kier alpha value is -2.21. The van der Waals surface area contributed by atoms with E-state index >= 15 is 0 Å². The maximum Gasteiger partial charge on any atom is 0.244 e. The van der Waals surface area contributed by atoms with Crippen LogP contribution in [0.15, 0.2) is 46.9 Å². The predicted molar refractivity (Wildman–Crippen MR) is 95.0 cm³/mol. The average Bonchev–Trinajstić information content (AvgIpc) is 2.52. The molecule has 0 fully saturated rings. The van der Waals surface area contributed by atoms with Crippen LogP contribution in [-0.4, -0.2) is 23.3 Å². The molecular weight excluding hydrogens is 375 g/mol. The molecule has 2 rings (SSSR count). The number of hydrogen-bond donors (Lipinski definition) is 1. The zero-order valence-electron chi connectivity index (χ0n) is 13.5. The van der Waals surface area contributed by atoms with Crippen molar-refractivity contribution in [2.45, 2.75) is 20.4 Å². The van der Waals surface area contributed by atoms with Crippen molar-refractivity contribution in [3.05, 3.63) is 63.9 Å². The van der Waals surface area contributed by atoms with Gasteiger partial charge in [-0.05, 0) is 36.8 Å². The van der Waals surface area contributed by atoms with Gasteiger partial charge in [-0.1, -0.05) is 34.1 Å². The number of nitrogens with zero attached hydrogens (tertiary/aromatic N) is 1. The lowest BCUT2D eigenvalue weighted by molar-refractivity contribution is -0.133. The fraction of sp³-hybridized carbons (Fsp3) is 0.222. The Morgan fingerprint density at radius 3 is 2.54 bits per heavy atom. The number of anilines is 1. The molecule has 0 radical (unpaired) electrons. The largest absolute Gasteiger partial charge is 0.329 e. The lowest BCUT2D eigenvalue weighted by Crippen LogP contribution is -2.36. The zero-order valence-corrected chi connectivity index (χ0v) is 15.1. The Balaban J connectivity index is 2.04. The highest BCUT2D eigenvalue weighted by Gasteiger charge is 2.16. The molecule has 0 spiro atoms. The number of rotatable bonds is 5. The van der Waals surface area contributed by atoms with Crippen molar-refractivity contribution in [1.29, 1.82) is 0 Å². The lowest BCUT2D eigenvalue weighted by atomic mass is 10.2. The first-order valence-corrected chi connectivity index (χ1v) is 8.21. The molecule has 126 valence electrons. The normalized spacial score (nSPS) is 10.3. The zero-order chi connectivity index (χ0) is 17.7. The Kier molecular flexibility index (Phi) is 6.09. The van der Waals surface area contributed by atoms with Crippen LogP contribution in [0.5, 0.6) is 0 Å². The molecule has 0 saturated heterocycles. The van der Waals surface area contributed by atoms with E-state index in [1.165, 1.54) is 17.9 Å². The summed E-state index contributed by atoms with van der Waals surface area (Å²) in [5, 5.41) is 2.75. The van der Waals surface area contributed by atoms with E-state index in [0.717, 1.165) is 10.0 Å². The number of hydrogen-bond acceptors (Lipinski definition) is 2. The quantitative estimate of drug-likeness (QED) is 0.838. The SMILES string of the molecule is CC(=O)N(CC(=O)Nc1ccc(Br)c(C)c1)Cc1ccccc1F. The molecule has 6 heteroatoms. The van der Waals surface area contributed by atoms with Gasteiger partial charge in [0.05, 0.1) is 0 Å². The molecule has 0 bridgehead atoms. The Bertz CT molecular complexity index is 764. The highest BCUT2D eigenvalue weighted by molar-refractivity contribution is 9.10. The van der Waals surface area contributed by atoms with Gasteiger partial charge in [-0.3, -0.25) is 9.59 Å². The van der Waals surface area contributed by atoms with Gasteiger partial charge < -0.3 is 10.2 Å². The van der Waals surface area contributed by atoms with Gasteiger partial charge in [-0.15, -0.1) is 0 Å². The number of carbonyl (C=O) groups excluding carboxylic acids is 2. The summed E-state index contributed by atoms with van der Waals surface area (Å²) < 4.78 is 14.7. The number of aryl methyl sites for hydroxylation is 1. The van der Waals surface area contributed by atoms with Crippen LogP contribution in [-0.2, 0) is 16.1 Å². The molecule has 0 aliphatic carbocycles. The molecule has 24 heavy (non-hydrogen) atoms. The van der Waals surface area contributed by atoms with Crippen LogP contribution in [0.3, 0.4) is 0 Å². The summed E-state index contributed by atoms with van der Waals surface area (Å²) in [6.07, 6.45) is 0. The Morgan fingerprint density at radius 2 is 1.92 bits per heavy atom. The summed E-state index contributed by atoms with van der Waals surface area (Å²) in [4.78, 5) is 25.3. The molecule has 0 heterocycles. The van der Waals surface area contributed by atoms with Crippen molar-refractivity contribution >= 4 is 33.4 Å². The molecule has 2 amide bonds. The second-order valence-electron chi connectivity index (χ2n) is 5.48. The van der Waals surface area contributed by atoms with E-state index in [-0.39, 0.29) is 24.9 Å². The molecule has 0 aliphatic heterocycles.